The molecule has 0 spiro atoms. The normalized spacial score (nSPS) is 12.3. The second-order valence-electron chi connectivity index (χ2n) is 5.38. The lowest BCUT2D eigenvalue weighted by Crippen LogP contribution is -2.31. The Kier molecular flexibility index (Phi) is 6.42. The zero-order chi connectivity index (χ0) is 15.1. The lowest BCUT2D eigenvalue weighted by Gasteiger charge is -2.16. The third kappa shape index (κ3) is 4.47. The van der Waals surface area contributed by atoms with E-state index in [1.165, 1.54) is 12.3 Å². The molecule has 5 heteroatoms. The highest BCUT2D eigenvalue weighted by atomic mass is 19.1. The number of hydrogen-bond donors (Lipinski definition) is 2. The van der Waals surface area contributed by atoms with E-state index in [4.69, 9.17) is 0 Å². The molecule has 1 rings (SSSR count). The van der Waals surface area contributed by atoms with Crippen LogP contribution in [0.2, 0.25) is 0 Å². The van der Waals surface area contributed by atoms with Gasteiger partial charge in [-0.3, -0.25) is 4.79 Å². The van der Waals surface area contributed by atoms with Gasteiger partial charge in [0, 0.05) is 19.3 Å². The van der Waals surface area contributed by atoms with Crippen LogP contribution in [-0.4, -0.2) is 24.0 Å². The Hall–Kier alpha value is -1.65. The monoisotopic (exact) mass is 281 g/mol. The first kappa shape index (κ1) is 16.4. The van der Waals surface area contributed by atoms with Gasteiger partial charge in [-0.1, -0.05) is 27.7 Å². The Bertz CT molecular complexity index is 449. The average molecular weight is 281 g/mol. The van der Waals surface area contributed by atoms with Gasteiger partial charge < -0.3 is 10.6 Å². The van der Waals surface area contributed by atoms with E-state index in [-0.39, 0.29) is 11.4 Å². The number of carbonyl (C=O) groups is 1. The average Bonchev–Trinajstić information content (AvgIpc) is 2.43. The summed E-state index contributed by atoms with van der Waals surface area (Å²) in [5.41, 5.74) is 0.0366. The molecule has 4 nitrogen and oxygen atoms in total. The van der Waals surface area contributed by atoms with Crippen LogP contribution in [-0.2, 0) is 0 Å². The number of anilines is 1. The summed E-state index contributed by atoms with van der Waals surface area (Å²) in [6, 6.07) is 1.40. The highest BCUT2D eigenvalue weighted by molar-refractivity contribution is 5.95. The van der Waals surface area contributed by atoms with Gasteiger partial charge in [0.25, 0.3) is 5.91 Å². The zero-order valence-corrected chi connectivity index (χ0v) is 12.7. The van der Waals surface area contributed by atoms with E-state index in [1.807, 2.05) is 6.92 Å². The number of hydrogen-bond acceptors (Lipinski definition) is 3. The van der Waals surface area contributed by atoms with Gasteiger partial charge in [0.05, 0.1) is 5.56 Å². The zero-order valence-electron chi connectivity index (χ0n) is 12.7. The van der Waals surface area contributed by atoms with Crippen LogP contribution in [0.15, 0.2) is 12.3 Å². The SMILES string of the molecule is CCCNc1nccc(C(=O)NCC(C)C(C)C)c1F. The molecule has 0 saturated carbocycles. The molecule has 0 bridgehead atoms. The number of pyridine rings is 1. The number of rotatable bonds is 7. The summed E-state index contributed by atoms with van der Waals surface area (Å²) < 4.78 is 14.1. The quantitative estimate of drug-likeness (QED) is 0.807. The Labute approximate surface area is 120 Å². The summed E-state index contributed by atoms with van der Waals surface area (Å²) in [5.74, 6) is -0.0232. The molecule has 1 aromatic rings. The molecule has 2 N–H and O–H groups in total. The molecule has 0 aromatic carbocycles. The standard InChI is InChI=1S/C15H24FN3O/c1-5-7-17-14-13(16)12(6-8-18-14)15(20)19-9-11(4)10(2)3/h6,8,10-11H,5,7,9H2,1-4H3,(H,17,18)(H,19,20). The lowest BCUT2D eigenvalue weighted by atomic mass is 9.98. The molecule has 0 aliphatic rings. The van der Waals surface area contributed by atoms with Gasteiger partial charge in [0.1, 0.15) is 0 Å². The van der Waals surface area contributed by atoms with E-state index in [0.29, 0.717) is 24.9 Å². The molecule has 0 radical (unpaired) electrons. The summed E-state index contributed by atoms with van der Waals surface area (Å²) in [6.07, 6.45) is 2.31. The van der Waals surface area contributed by atoms with Crippen LogP contribution in [0.25, 0.3) is 0 Å². The fraction of sp³-hybridized carbons (Fsp3) is 0.600. The maximum absolute atomic E-state index is 14.1. The molecule has 20 heavy (non-hydrogen) atoms. The van der Waals surface area contributed by atoms with Crippen molar-refractivity contribution in [2.75, 3.05) is 18.4 Å². The van der Waals surface area contributed by atoms with E-state index >= 15 is 0 Å². The van der Waals surface area contributed by atoms with E-state index in [2.05, 4.69) is 36.4 Å². The van der Waals surface area contributed by atoms with E-state index in [1.54, 1.807) is 0 Å². The minimum atomic E-state index is -0.587. The first-order valence-electron chi connectivity index (χ1n) is 7.13. The van der Waals surface area contributed by atoms with Crippen LogP contribution >= 0.6 is 0 Å². The van der Waals surface area contributed by atoms with Crippen LogP contribution in [0.4, 0.5) is 10.2 Å². The number of halogens is 1. The van der Waals surface area contributed by atoms with Crippen molar-refractivity contribution < 1.29 is 9.18 Å². The van der Waals surface area contributed by atoms with Gasteiger partial charge in [-0.25, -0.2) is 9.37 Å². The van der Waals surface area contributed by atoms with Crippen molar-refractivity contribution in [1.29, 1.82) is 0 Å². The first-order chi connectivity index (χ1) is 9.47. The van der Waals surface area contributed by atoms with Crippen molar-refractivity contribution in [3.63, 3.8) is 0 Å². The number of amides is 1. The van der Waals surface area contributed by atoms with Gasteiger partial charge in [-0.05, 0) is 24.3 Å². The van der Waals surface area contributed by atoms with Crippen LogP contribution in [0.3, 0.4) is 0 Å². The largest absolute Gasteiger partial charge is 0.368 e. The lowest BCUT2D eigenvalue weighted by molar-refractivity contribution is 0.0941. The molecule has 0 fully saturated rings. The molecular formula is C15H24FN3O. The van der Waals surface area contributed by atoms with E-state index in [9.17, 15) is 9.18 Å². The van der Waals surface area contributed by atoms with Crippen molar-refractivity contribution in [2.45, 2.75) is 34.1 Å². The second-order valence-corrected chi connectivity index (χ2v) is 5.38. The van der Waals surface area contributed by atoms with Crippen molar-refractivity contribution >= 4 is 11.7 Å². The van der Waals surface area contributed by atoms with Gasteiger partial charge in [0.2, 0.25) is 0 Å². The van der Waals surface area contributed by atoms with Crippen LogP contribution in [0, 0.1) is 17.7 Å². The van der Waals surface area contributed by atoms with Gasteiger partial charge in [-0.15, -0.1) is 0 Å². The minimum Gasteiger partial charge on any atom is -0.368 e. The molecule has 1 unspecified atom stereocenters. The Balaban J connectivity index is 2.73. The number of aromatic nitrogens is 1. The summed E-state index contributed by atoms with van der Waals surface area (Å²) in [4.78, 5) is 15.9. The minimum absolute atomic E-state index is 0.0366. The summed E-state index contributed by atoms with van der Waals surface area (Å²) in [7, 11) is 0. The summed E-state index contributed by atoms with van der Waals surface area (Å²) in [5, 5.41) is 5.64. The van der Waals surface area contributed by atoms with E-state index < -0.39 is 11.7 Å². The Morgan fingerprint density at radius 3 is 2.70 bits per heavy atom. The Morgan fingerprint density at radius 2 is 2.10 bits per heavy atom. The smallest absolute Gasteiger partial charge is 0.254 e. The fourth-order valence-electron chi connectivity index (χ4n) is 1.57. The maximum Gasteiger partial charge on any atom is 0.254 e. The van der Waals surface area contributed by atoms with Gasteiger partial charge >= 0.3 is 0 Å². The fourth-order valence-corrected chi connectivity index (χ4v) is 1.57. The third-order valence-electron chi connectivity index (χ3n) is 3.40. The molecule has 1 amide bonds. The summed E-state index contributed by atoms with van der Waals surface area (Å²) >= 11 is 0. The Morgan fingerprint density at radius 1 is 1.40 bits per heavy atom. The highest BCUT2D eigenvalue weighted by Gasteiger charge is 2.17. The van der Waals surface area contributed by atoms with Crippen LogP contribution < -0.4 is 10.6 Å². The predicted octanol–water partition coefficient (Wildman–Crippen LogP) is 3.06. The highest BCUT2D eigenvalue weighted by Crippen LogP contribution is 2.15. The predicted molar refractivity (Wildman–Crippen MR) is 79.3 cm³/mol. The maximum atomic E-state index is 14.1. The van der Waals surface area contributed by atoms with Crippen molar-refractivity contribution in [2.24, 2.45) is 11.8 Å². The van der Waals surface area contributed by atoms with Crippen LogP contribution in [0.5, 0.6) is 0 Å². The van der Waals surface area contributed by atoms with Crippen LogP contribution in [0.1, 0.15) is 44.5 Å². The molecule has 0 aliphatic heterocycles. The van der Waals surface area contributed by atoms with Gasteiger partial charge in [0.15, 0.2) is 11.6 Å². The summed E-state index contributed by atoms with van der Waals surface area (Å²) in [6.45, 7) is 9.39. The topological polar surface area (TPSA) is 54.0 Å². The molecule has 0 aliphatic carbocycles. The molecule has 1 heterocycles. The molecule has 112 valence electrons. The molecule has 0 saturated heterocycles. The number of nitrogens with zero attached hydrogens (tertiary/aromatic N) is 1. The van der Waals surface area contributed by atoms with E-state index in [0.717, 1.165) is 6.42 Å². The van der Waals surface area contributed by atoms with Gasteiger partial charge in [-0.2, -0.15) is 0 Å². The number of carbonyl (C=O) groups excluding carboxylic acids is 1. The van der Waals surface area contributed by atoms with Crippen molar-refractivity contribution in [1.82, 2.24) is 10.3 Å². The molecular weight excluding hydrogens is 257 g/mol. The molecule has 1 aromatic heterocycles. The van der Waals surface area contributed by atoms with Crippen molar-refractivity contribution in [3.8, 4) is 0 Å². The first-order valence-corrected chi connectivity index (χ1v) is 7.13. The number of nitrogens with one attached hydrogen (secondary N) is 2. The third-order valence-corrected chi connectivity index (χ3v) is 3.40. The second kappa shape index (κ2) is 7.82. The molecule has 1 atom stereocenters. The van der Waals surface area contributed by atoms with Crippen molar-refractivity contribution in [3.05, 3.63) is 23.6 Å².